The Morgan fingerprint density at radius 2 is 1.67 bits per heavy atom. The largest absolute Gasteiger partial charge is 0.296 e. The summed E-state index contributed by atoms with van der Waals surface area (Å²) in [5.41, 5.74) is 3.10. The monoisotopic (exact) mass is 327 g/mol. The second kappa shape index (κ2) is 8.54. The van der Waals surface area contributed by atoms with E-state index in [-0.39, 0.29) is 16.5 Å². The maximum atomic E-state index is 5.79. The Kier molecular flexibility index (Phi) is 8.00. The van der Waals surface area contributed by atoms with Crippen molar-refractivity contribution in [2.24, 2.45) is 5.41 Å². The van der Waals surface area contributed by atoms with Gasteiger partial charge in [-0.2, -0.15) is 0 Å². The lowest BCUT2D eigenvalue weighted by Crippen LogP contribution is -2.51. The van der Waals surface area contributed by atoms with Gasteiger partial charge in [0.15, 0.2) is 0 Å². The predicted molar refractivity (Wildman–Crippen MR) is 110 cm³/mol. The van der Waals surface area contributed by atoms with Gasteiger partial charge in [0.1, 0.15) is 0 Å². The van der Waals surface area contributed by atoms with E-state index >= 15 is 0 Å². The van der Waals surface area contributed by atoms with Crippen LogP contribution >= 0.6 is 0 Å². The Balaban J connectivity index is 5.50. The fraction of sp³-hybridized carbons (Fsp3) is 0.565. The van der Waals surface area contributed by atoms with Gasteiger partial charge in [-0.05, 0) is 57.1 Å². The van der Waals surface area contributed by atoms with Crippen LogP contribution in [0.1, 0.15) is 68.2 Å². The number of rotatable bonds is 7. The van der Waals surface area contributed by atoms with Crippen LogP contribution in [0.15, 0.2) is 48.1 Å². The lowest BCUT2D eigenvalue weighted by Gasteiger charge is -2.33. The highest BCUT2D eigenvalue weighted by Gasteiger charge is 2.25. The smallest absolute Gasteiger partial charge is 0.0808 e. The van der Waals surface area contributed by atoms with E-state index in [1.165, 1.54) is 5.57 Å². The second-order valence-corrected chi connectivity index (χ2v) is 8.72. The van der Waals surface area contributed by atoms with Gasteiger partial charge in [-0.15, -0.1) is 6.42 Å². The molecule has 1 nitrogen and oxygen atoms in total. The van der Waals surface area contributed by atoms with Crippen LogP contribution in [-0.4, -0.2) is 11.1 Å². The average Bonchev–Trinajstić information content (AvgIpc) is 2.44. The number of terminal acetylenes is 1. The van der Waals surface area contributed by atoms with Gasteiger partial charge in [-0.1, -0.05) is 70.6 Å². The predicted octanol–water partition coefficient (Wildman–Crippen LogP) is 6.21. The molecule has 0 spiro atoms. The van der Waals surface area contributed by atoms with Crippen molar-refractivity contribution in [3.63, 3.8) is 0 Å². The Morgan fingerprint density at radius 1 is 1.12 bits per heavy atom. The molecule has 0 fully saturated rings. The number of allylic oxidation sites excluding steroid dienone is 5. The summed E-state index contributed by atoms with van der Waals surface area (Å²) in [5.74, 6) is 2.91. The Bertz CT molecular complexity index is 552. The lowest BCUT2D eigenvalue weighted by molar-refractivity contribution is 0.321. The Labute approximate surface area is 151 Å². The summed E-state index contributed by atoms with van der Waals surface area (Å²) < 4.78 is 0. The molecule has 1 heteroatoms. The molecule has 0 rings (SSSR count). The molecule has 134 valence electrons. The number of hydrogen-bond acceptors (Lipinski definition) is 1. The zero-order valence-electron chi connectivity index (χ0n) is 17.1. The van der Waals surface area contributed by atoms with Crippen LogP contribution < -0.4 is 5.32 Å². The van der Waals surface area contributed by atoms with Crippen LogP contribution in [0.4, 0.5) is 0 Å². The standard InChI is InChI=1S/C23H37N/c1-12-19(17-20(13-2)18(4)21(5,6)7)15-16-23(11,14-3)24-22(8,9)10/h3,13,15,17,24H,2,4,12,16H2,1,5-11H3/b19-15+,20-17+. The van der Waals surface area contributed by atoms with Crippen molar-refractivity contribution in [1.29, 1.82) is 0 Å². The summed E-state index contributed by atoms with van der Waals surface area (Å²) in [6, 6.07) is 0. The van der Waals surface area contributed by atoms with Crippen molar-refractivity contribution in [2.75, 3.05) is 0 Å². The topological polar surface area (TPSA) is 12.0 Å². The van der Waals surface area contributed by atoms with Crippen LogP contribution in [0.2, 0.25) is 0 Å². The maximum Gasteiger partial charge on any atom is 0.0808 e. The molecule has 0 saturated heterocycles. The normalized spacial score (nSPS) is 16.3. The molecule has 0 bridgehead atoms. The van der Waals surface area contributed by atoms with Crippen LogP contribution in [0.3, 0.4) is 0 Å². The molecule has 0 aromatic heterocycles. The van der Waals surface area contributed by atoms with Gasteiger partial charge < -0.3 is 0 Å². The summed E-state index contributed by atoms with van der Waals surface area (Å²) in [4.78, 5) is 0. The first-order valence-corrected chi connectivity index (χ1v) is 8.78. The van der Waals surface area contributed by atoms with E-state index in [4.69, 9.17) is 6.42 Å². The first-order chi connectivity index (χ1) is 10.8. The summed E-state index contributed by atoms with van der Waals surface area (Å²) in [6.45, 7) is 25.4. The molecule has 0 amide bonds. The van der Waals surface area contributed by atoms with E-state index in [9.17, 15) is 0 Å². The van der Waals surface area contributed by atoms with Crippen molar-refractivity contribution < 1.29 is 0 Å². The summed E-state index contributed by atoms with van der Waals surface area (Å²) in [5, 5.41) is 3.54. The molecule has 0 aromatic rings. The molecule has 0 radical (unpaired) electrons. The molecule has 1 unspecified atom stereocenters. The van der Waals surface area contributed by atoms with E-state index in [1.807, 2.05) is 6.08 Å². The summed E-state index contributed by atoms with van der Waals surface area (Å²) in [6.07, 6.45) is 13.8. The van der Waals surface area contributed by atoms with Crippen LogP contribution in [0.5, 0.6) is 0 Å². The minimum Gasteiger partial charge on any atom is -0.296 e. The first kappa shape index (κ1) is 22.5. The van der Waals surface area contributed by atoms with Crippen LogP contribution in [0, 0.1) is 17.8 Å². The third-order valence-corrected chi connectivity index (χ3v) is 3.96. The Morgan fingerprint density at radius 3 is 2.00 bits per heavy atom. The van der Waals surface area contributed by atoms with Crippen molar-refractivity contribution in [2.45, 2.75) is 79.3 Å². The van der Waals surface area contributed by atoms with Gasteiger partial charge in [0.05, 0.1) is 5.54 Å². The summed E-state index contributed by atoms with van der Waals surface area (Å²) in [7, 11) is 0. The van der Waals surface area contributed by atoms with Crippen LogP contribution in [-0.2, 0) is 0 Å². The van der Waals surface area contributed by atoms with Gasteiger partial charge in [-0.25, -0.2) is 0 Å². The van der Waals surface area contributed by atoms with E-state index in [0.29, 0.717) is 0 Å². The van der Waals surface area contributed by atoms with E-state index in [1.54, 1.807) is 0 Å². The highest BCUT2D eigenvalue weighted by atomic mass is 15.0. The minimum absolute atomic E-state index is 0.0238. The lowest BCUT2D eigenvalue weighted by atomic mass is 9.82. The fourth-order valence-corrected chi connectivity index (χ4v) is 2.52. The molecular weight excluding hydrogens is 290 g/mol. The third-order valence-electron chi connectivity index (χ3n) is 3.96. The highest BCUT2D eigenvalue weighted by Crippen LogP contribution is 2.31. The van der Waals surface area contributed by atoms with Gasteiger partial charge in [0, 0.05) is 5.54 Å². The fourth-order valence-electron chi connectivity index (χ4n) is 2.52. The maximum absolute atomic E-state index is 5.79. The average molecular weight is 328 g/mol. The van der Waals surface area contributed by atoms with Crippen molar-refractivity contribution in [1.82, 2.24) is 5.32 Å². The molecule has 0 saturated carbocycles. The van der Waals surface area contributed by atoms with Gasteiger partial charge in [0.25, 0.3) is 0 Å². The van der Waals surface area contributed by atoms with E-state index in [2.05, 4.69) is 91.9 Å². The molecule has 0 heterocycles. The molecular formula is C23H37N. The Hall–Kier alpha value is -1.52. The first-order valence-electron chi connectivity index (χ1n) is 8.78. The zero-order chi connectivity index (χ0) is 19.2. The quantitative estimate of drug-likeness (QED) is 0.433. The molecule has 0 aliphatic heterocycles. The van der Waals surface area contributed by atoms with Gasteiger partial charge in [-0.3, -0.25) is 5.32 Å². The minimum atomic E-state index is -0.359. The molecule has 1 N–H and O–H groups in total. The molecule has 0 aliphatic rings. The SMILES string of the molecule is C#CC(C)(C/C=C(/C=C(\C=C)C(=C)C(C)(C)C)CC)NC(C)(C)C. The van der Waals surface area contributed by atoms with Crippen molar-refractivity contribution in [3.05, 3.63) is 48.1 Å². The molecule has 0 aliphatic carbocycles. The highest BCUT2D eigenvalue weighted by molar-refractivity contribution is 5.44. The van der Waals surface area contributed by atoms with Gasteiger partial charge >= 0.3 is 0 Å². The second-order valence-electron chi connectivity index (χ2n) is 8.72. The van der Waals surface area contributed by atoms with Crippen molar-refractivity contribution >= 4 is 0 Å². The third kappa shape index (κ3) is 7.84. The number of hydrogen-bond donors (Lipinski definition) is 1. The van der Waals surface area contributed by atoms with E-state index < -0.39 is 0 Å². The molecule has 1 atom stereocenters. The van der Waals surface area contributed by atoms with Crippen LogP contribution in [0.25, 0.3) is 0 Å². The summed E-state index contributed by atoms with van der Waals surface area (Å²) >= 11 is 0. The van der Waals surface area contributed by atoms with Gasteiger partial charge in [0.2, 0.25) is 0 Å². The van der Waals surface area contributed by atoms with E-state index in [0.717, 1.165) is 24.0 Å². The molecule has 24 heavy (non-hydrogen) atoms. The van der Waals surface area contributed by atoms with Crippen molar-refractivity contribution in [3.8, 4) is 12.3 Å². The number of nitrogens with one attached hydrogen (secondary N) is 1. The molecule has 0 aromatic carbocycles. The zero-order valence-corrected chi connectivity index (χ0v) is 17.1.